The quantitative estimate of drug-likeness (QED) is 0.807. The van der Waals surface area contributed by atoms with Crippen molar-refractivity contribution >= 4 is 40.7 Å². The zero-order chi connectivity index (χ0) is 15.2. The second-order valence-electron chi connectivity index (χ2n) is 4.09. The first-order chi connectivity index (χ1) is 10.1. The van der Waals surface area contributed by atoms with Gasteiger partial charge in [0.15, 0.2) is 0 Å². The molecule has 1 N–H and O–H groups in total. The van der Waals surface area contributed by atoms with E-state index in [1.165, 1.54) is 6.07 Å². The molecule has 5 heteroatoms. The molecular weight excluding hydrogens is 329 g/mol. The van der Waals surface area contributed by atoms with E-state index in [1.807, 2.05) is 18.2 Å². The molecule has 0 unspecified atom stereocenters. The Morgan fingerprint density at radius 2 is 1.81 bits per heavy atom. The maximum Gasteiger partial charge on any atom is 0.253 e. The van der Waals surface area contributed by atoms with E-state index in [0.29, 0.717) is 20.6 Å². The van der Waals surface area contributed by atoms with Gasteiger partial charge in [0.25, 0.3) is 5.91 Å². The van der Waals surface area contributed by atoms with E-state index in [4.69, 9.17) is 34.8 Å². The second-order valence-corrected chi connectivity index (χ2v) is 5.34. The van der Waals surface area contributed by atoms with Crippen molar-refractivity contribution < 1.29 is 4.79 Å². The summed E-state index contributed by atoms with van der Waals surface area (Å²) in [6, 6.07) is 12.0. The van der Waals surface area contributed by atoms with Crippen LogP contribution in [0.2, 0.25) is 15.1 Å². The molecule has 106 valence electrons. The fourth-order valence-corrected chi connectivity index (χ4v) is 2.27. The Balaban J connectivity index is 1.98. The van der Waals surface area contributed by atoms with Crippen molar-refractivity contribution in [2.24, 2.45) is 0 Å². The van der Waals surface area contributed by atoms with Crippen molar-refractivity contribution in [3.8, 4) is 11.8 Å². The Labute approximate surface area is 138 Å². The number of carbonyl (C=O) groups is 1. The molecule has 0 spiro atoms. The van der Waals surface area contributed by atoms with Gasteiger partial charge in [-0.3, -0.25) is 4.79 Å². The third-order valence-electron chi connectivity index (χ3n) is 2.61. The van der Waals surface area contributed by atoms with Crippen molar-refractivity contribution in [2.75, 3.05) is 6.54 Å². The van der Waals surface area contributed by atoms with Gasteiger partial charge in [-0.2, -0.15) is 0 Å². The second kappa shape index (κ2) is 7.38. The van der Waals surface area contributed by atoms with Crippen LogP contribution in [-0.2, 0) is 0 Å². The van der Waals surface area contributed by atoms with E-state index in [-0.39, 0.29) is 12.5 Å². The van der Waals surface area contributed by atoms with E-state index in [2.05, 4.69) is 17.2 Å². The van der Waals surface area contributed by atoms with Crippen LogP contribution in [0.25, 0.3) is 0 Å². The lowest BCUT2D eigenvalue weighted by Crippen LogP contribution is -2.23. The summed E-state index contributed by atoms with van der Waals surface area (Å²) in [5.74, 6) is 5.43. The molecule has 0 aromatic heterocycles. The first kappa shape index (κ1) is 15.7. The summed E-state index contributed by atoms with van der Waals surface area (Å²) in [5, 5.41) is 4.03. The lowest BCUT2D eigenvalue weighted by atomic mass is 10.2. The smallest absolute Gasteiger partial charge is 0.253 e. The SMILES string of the molecule is O=C(NCC#Cc1ccccc1Cl)c1ccc(Cl)cc1Cl. The van der Waals surface area contributed by atoms with Crippen molar-refractivity contribution in [1.82, 2.24) is 5.32 Å². The number of rotatable bonds is 2. The van der Waals surface area contributed by atoms with Gasteiger partial charge < -0.3 is 5.32 Å². The first-order valence-corrected chi connectivity index (χ1v) is 7.18. The van der Waals surface area contributed by atoms with Crippen LogP contribution in [0.1, 0.15) is 15.9 Å². The minimum Gasteiger partial charge on any atom is -0.341 e. The van der Waals surface area contributed by atoms with E-state index in [0.717, 1.165) is 5.56 Å². The molecule has 0 fully saturated rings. The molecule has 2 aromatic carbocycles. The Kier molecular flexibility index (Phi) is 5.52. The Hall–Kier alpha value is -1.66. The number of amides is 1. The third kappa shape index (κ3) is 4.41. The normalized spacial score (nSPS) is 9.67. The zero-order valence-corrected chi connectivity index (χ0v) is 13.1. The number of halogens is 3. The molecule has 0 aliphatic heterocycles. The first-order valence-electron chi connectivity index (χ1n) is 6.04. The fourth-order valence-electron chi connectivity index (χ4n) is 1.60. The highest BCUT2D eigenvalue weighted by atomic mass is 35.5. The average molecular weight is 339 g/mol. The van der Waals surface area contributed by atoms with Crippen molar-refractivity contribution in [3.63, 3.8) is 0 Å². The predicted octanol–water partition coefficient (Wildman–Crippen LogP) is 4.43. The molecule has 0 saturated carbocycles. The molecule has 0 radical (unpaired) electrons. The van der Waals surface area contributed by atoms with Gasteiger partial charge in [0.2, 0.25) is 0 Å². The lowest BCUT2D eigenvalue weighted by molar-refractivity contribution is 0.0959. The van der Waals surface area contributed by atoms with E-state index in [1.54, 1.807) is 18.2 Å². The highest BCUT2D eigenvalue weighted by Gasteiger charge is 2.09. The van der Waals surface area contributed by atoms with Crippen LogP contribution in [0.4, 0.5) is 0 Å². The topological polar surface area (TPSA) is 29.1 Å². The molecule has 0 atom stereocenters. The minimum absolute atomic E-state index is 0.197. The van der Waals surface area contributed by atoms with Gasteiger partial charge in [-0.05, 0) is 30.3 Å². The van der Waals surface area contributed by atoms with Crippen molar-refractivity contribution in [1.29, 1.82) is 0 Å². The maximum atomic E-state index is 11.9. The summed E-state index contributed by atoms with van der Waals surface area (Å²) in [5.41, 5.74) is 1.08. The Morgan fingerprint density at radius 3 is 2.52 bits per heavy atom. The standard InChI is InChI=1S/C16H10Cl3NO/c17-12-7-8-13(15(19)10-12)16(21)20-9-3-5-11-4-1-2-6-14(11)18/h1-2,4,6-8,10H,9H2,(H,20,21). The van der Waals surface area contributed by atoms with Crippen LogP contribution < -0.4 is 5.32 Å². The Morgan fingerprint density at radius 1 is 1.05 bits per heavy atom. The van der Waals surface area contributed by atoms with Gasteiger partial charge in [0.05, 0.1) is 22.2 Å². The molecule has 0 bridgehead atoms. The van der Waals surface area contributed by atoms with Crippen molar-refractivity contribution in [3.05, 3.63) is 68.7 Å². The third-order valence-corrected chi connectivity index (χ3v) is 3.49. The van der Waals surface area contributed by atoms with Crippen molar-refractivity contribution in [2.45, 2.75) is 0 Å². The summed E-state index contributed by atoms with van der Waals surface area (Å²) in [4.78, 5) is 11.9. The number of benzene rings is 2. The van der Waals surface area contributed by atoms with Crippen LogP contribution in [-0.4, -0.2) is 12.5 Å². The number of hydrogen-bond donors (Lipinski definition) is 1. The van der Waals surface area contributed by atoms with Gasteiger partial charge in [0.1, 0.15) is 0 Å². The lowest BCUT2D eigenvalue weighted by Gasteiger charge is -2.04. The van der Waals surface area contributed by atoms with Crippen LogP contribution in [0.5, 0.6) is 0 Å². The molecule has 0 heterocycles. The van der Waals surface area contributed by atoms with Gasteiger partial charge >= 0.3 is 0 Å². The molecule has 2 rings (SSSR count). The summed E-state index contributed by atoms with van der Waals surface area (Å²) >= 11 is 17.7. The summed E-state index contributed by atoms with van der Waals surface area (Å²) < 4.78 is 0. The average Bonchev–Trinajstić information content (AvgIpc) is 2.45. The monoisotopic (exact) mass is 337 g/mol. The van der Waals surface area contributed by atoms with Gasteiger partial charge in [-0.1, -0.05) is 58.8 Å². The van der Waals surface area contributed by atoms with Crippen LogP contribution >= 0.6 is 34.8 Å². The predicted molar refractivity (Wildman–Crippen MR) is 87.1 cm³/mol. The molecule has 1 amide bonds. The summed E-state index contributed by atoms with van der Waals surface area (Å²) in [6.45, 7) is 0.197. The number of nitrogens with one attached hydrogen (secondary N) is 1. The number of hydrogen-bond acceptors (Lipinski definition) is 1. The summed E-state index contributed by atoms with van der Waals surface area (Å²) in [7, 11) is 0. The molecule has 0 aliphatic rings. The zero-order valence-electron chi connectivity index (χ0n) is 10.8. The highest BCUT2D eigenvalue weighted by Crippen LogP contribution is 2.20. The molecule has 0 aliphatic carbocycles. The van der Waals surface area contributed by atoms with Gasteiger partial charge in [0, 0.05) is 10.6 Å². The van der Waals surface area contributed by atoms with Crippen LogP contribution in [0.3, 0.4) is 0 Å². The molecular formula is C16H10Cl3NO. The minimum atomic E-state index is -0.301. The summed E-state index contributed by atoms with van der Waals surface area (Å²) in [6.07, 6.45) is 0. The van der Waals surface area contributed by atoms with Gasteiger partial charge in [-0.15, -0.1) is 0 Å². The molecule has 0 saturated heterocycles. The molecule has 21 heavy (non-hydrogen) atoms. The van der Waals surface area contributed by atoms with Gasteiger partial charge in [-0.25, -0.2) is 0 Å². The van der Waals surface area contributed by atoms with E-state index in [9.17, 15) is 4.79 Å². The van der Waals surface area contributed by atoms with Crippen LogP contribution in [0, 0.1) is 11.8 Å². The van der Waals surface area contributed by atoms with E-state index >= 15 is 0 Å². The number of carbonyl (C=O) groups excluding carboxylic acids is 1. The maximum absolute atomic E-state index is 11.9. The highest BCUT2D eigenvalue weighted by molar-refractivity contribution is 6.36. The van der Waals surface area contributed by atoms with E-state index < -0.39 is 0 Å². The Bertz CT molecular complexity index is 732. The van der Waals surface area contributed by atoms with Crippen LogP contribution in [0.15, 0.2) is 42.5 Å². The largest absolute Gasteiger partial charge is 0.341 e. The molecule has 2 aromatic rings. The fraction of sp³-hybridized carbons (Fsp3) is 0.0625. The molecule has 2 nitrogen and oxygen atoms in total.